The van der Waals surface area contributed by atoms with Gasteiger partial charge >= 0.3 is 0 Å². The average molecular weight is 289 g/mol. The minimum atomic E-state index is -0.209. The molecule has 114 valence electrons. The fourth-order valence-corrected chi connectivity index (χ4v) is 3.52. The van der Waals surface area contributed by atoms with Crippen molar-refractivity contribution in [1.82, 2.24) is 5.32 Å². The third-order valence-electron chi connectivity index (χ3n) is 4.73. The van der Waals surface area contributed by atoms with Gasteiger partial charge in [-0.05, 0) is 43.7 Å². The lowest BCUT2D eigenvalue weighted by Crippen LogP contribution is -2.19. The molecule has 1 aromatic carbocycles. The Morgan fingerprint density at radius 2 is 1.95 bits per heavy atom. The van der Waals surface area contributed by atoms with Crippen molar-refractivity contribution in [2.24, 2.45) is 5.92 Å². The van der Waals surface area contributed by atoms with E-state index in [4.69, 9.17) is 4.42 Å². The molecule has 0 spiro atoms. The number of furan rings is 1. The van der Waals surface area contributed by atoms with Gasteiger partial charge in [0.15, 0.2) is 0 Å². The van der Waals surface area contributed by atoms with Gasteiger partial charge < -0.3 is 9.73 Å². The lowest BCUT2D eigenvalue weighted by Gasteiger charge is -2.20. The molecule has 2 aromatic rings. The summed E-state index contributed by atoms with van der Waals surface area (Å²) in [5.74, 6) is 1.50. The van der Waals surface area contributed by atoms with Crippen molar-refractivity contribution in [2.75, 3.05) is 7.05 Å². The van der Waals surface area contributed by atoms with Gasteiger partial charge in [-0.1, -0.05) is 38.5 Å². The predicted molar refractivity (Wildman–Crippen MR) is 83.8 cm³/mol. The summed E-state index contributed by atoms with van der Waals surface area (Å²) in [6, 6.07) is 6.92. The van der Waals surface area contributed by atoms with Crippen molar-refractivity contribution in [1.29, 1.82) is 0 Å². The summed E-state index contributed by atoms with van der Waals surface area (Å²) in [4.78, 5) is 0. The smallest absolute Gasteiger partial charge is 0.134 e. The van der Waals surface area contributed by atoms with Gasteiger partial charge in [-0.2, -0.15) is 0 Å². The second-order valence-electron chi connectivity index (χ2n) is 6.27. The van der Waals surface area contributed by atoms with E-state index in [0.29, 0.717) is 0 Å². The number of hydrogen-bond acceptors (Lipinski definition) is 2. The summed E-state index contributed by atoms with van der Waals surface area (Å²) in [6.07, 6.45) is 9.23. The SMILES string of the molecule is CNC(CC1CCCCCC1)c1cc2cc(F)ccc2o1. The Morgan fingerprint density at radius 3 is 2.67 bits per heavy atom. The molecule has 1 saturated carbocycles. The minimum Gasteiger partial charge on any atom is -0.459 e. The van der Waals surface area contributed by atoms with Crippen molar-refractivity contribution in [3.8, 4) is 0 Å². The fraction of sp³-hybridized carbons (Fsp3) is 0.556. The van der Waals surface area contributed by atoms with Crippen LogP contribution in [0.2, 0.25) is 0 Å². The predicted octanol–water partition coefficient (Wildman–Crippen LogP) is 5.19. The normalized spacial score (nSPS) is 18.8. The Labute approximate surface area is 125 Å². The van der Waals surface area contributed by atoms with Crippen LogP contribution in [0.5, 0.6) is 0 Å². The van der Waals surface area contributed by atoms with E-state index in [-0.39, 0.29) is 11.9 Å². The second-order valence-corrected chi connectivity index (χ2v) is 6.27. The molecule has 1 atom stereocenters. The lowest BCUT2D eigenvalue weighted by atomic mass is 9.91. The lowest BCUT2D eigenvalue weighted by molar-refractivity contribution is 0.336. The van der Waals surface area contributed by atoms with Crippen molar-refractivity contribution in [2.45, 2.75) is 51.0 Å². The first kappa shape index (κ1) is 14.6. The first-order valence-electron chi connectivity index (χ1n) is 8.12. The van der Waals surface area contributed by atoms with Gasteiger partial charge in [-0.3, -0.25) is 0 Å². The number of halogens is 1. The summed E-state index contributed by atoms with van der Waals surface area (Å²) in [5.41, 5.74) is 0.771. The summed E-state index contributed by atoms with van der Waals surface area (Å²) in [7, 11) is 1.98. The van der Waals surface area contributed by atoms with Crippen LogP contribution in [-0.2, 0) is 0 Å². The number of rotatable bonds is 4. The van der Waals surface area contributed by atoms with Crippen molar-refractivity contribution in [3.05, 3.63) is 35.8 Å². The molecule has 1 aliphatic carbocycles. The number of hydrogen-bond donors (Lipinski definition) is 1. The van der Waals surface area contributed by atoms with Crippen LogP contribution in [0.1, 0.15) is 56.7 Å². The van der Waals surface area contributed by atoms with Crippen molar-refractivity contribution < 1.29 is 8.81 Å². The van der Waals surface area contributed by atoms with E-state index in [1.54, 1.807) is 12.1 Å². The molecule has 21 heavy (non-hydrogen) atoms. The van der Waals surface area contributed by atoms with E-state index in [1.807, 2.05) is 13.1 Å². The molecule has 0 amide bonds. The van der Waals surface area contributed by atoms with Crippen LogP contribution in [0.3, 0.4) is 0 Å². The van der Waals surface area contributed by atoms with E-state index in [1.165, 1.54) is 44.6 Å². The Bertz CT molecular complexity index is 584. The van der Waals surface area contributed by atoms with Crippen LogP contribution in [0.4, 0.5) is 4.39 Å². The van der Waals surface area contributed by atoms with Crippen LogP contribution in [0.25, 0.3) is 11.0 Å². The maximum Gasteiger partial charge on any atom is 0.134 e. The number of nitrogens with one attached hydrogen (secondary N) is 1. The molecule has 1 N–H and O–H groups in total. The van der Waals surface area contributed by atoms with Gasteiger partial charge in [0.2, 0.25) is 0 Å². The summed E-state index contributed by atoms with van der Waals surface area (Å²) in [5, 5.41) is 4.23. The van der Waals surface area contributed by atoms with Gasteiger partial charge in [-0.15, -0.1) is 0 Å². The van der Waals surface area contributed by atoms with Gasteiger partial charge in [0.05, 0.1) is 6.04 Å². The van der Waals surface area contributed by atoms with E-state index >= 15 is 0 Å². The zero-order valence-electron chi connectivity index (χ0n) is 12.7. The molecule has 3 heteroatoms. The molecule has 1 aromatic heterocycles. The first-order chi connectivity index (χ1) is 10.3. The van der Waals surface area contributed by atoms with Crippen LogP contribution >= 0.6 is 0 Å². The highest BCUT2D eigenvalue weighted by Crippen LogP contribution is 2.33. The Balaban J connectivity index is 1.77. The maximum absolute atomic E-state index is 13.3. The molecule has 3 rings (SSSR count). The molecule has 0 bridgehead atoms. The van der Waals surface area contributed by atoms with Crippen molar-refractivity contribution >= 4 is 11.0 Å². The monoisotopic (exact) mass is 289 g/mol. The minimum absolute atomic E-state index is 0.209. The summed E-state index contributed by atoms with van der Waals surface area (Å²) in [6.45, 7) is 0. The number of benzene rings is 1. The Morgan fingerprint density at radius 1 is 1.19 bits per heavy atom. The van der Waals surface area contributed by atoms with Gasteiger partial charge in [0, 0.05) is 5.39 Å². The van der Waals surface area contributed by atoms with Crippen LogP contribution in [0.15, 0.2) is 28.7 Å². The maximum atomic E-state index is 13.3. The van der Waals surface area contributed by atoms with Crippen LogP contribution < -0.4 is 5.32 Å². The van der Waals surface area contributed by atoms with Gasteiger partial charge in [0.1, 0.15) is 17.2 Å². The zero-order chi connectivity index (χ0) is 14.7. The Hall–Kier alpha value is -1.35. The van der Waals surface area contributed by atoms with E-state index in [0.717, 1.165) is 29.1 Å². The topological polar surface area (TPSA) is 25.2 Å². The van der Waals surface area contributed by atoms with Crippen LogP contribution in [0, 0.1) is 11.7 Å². The van der Waals surface area contributed by atoms with E-state index in [2.05, 4.69) is 5.32 Å². The molecule has 0 radical (unpaired) electrons. The molecule has 2 nitrogen and oxygen atoms in total. The third-order valence-corrected chi connectivity index (χ3v) is 4.73. The molecule has 0 saturated heterocycles. The second kappa shape index (κ2) is 6.61. The summed E-state index contributed by atoms with van der Waals surface area (Å²) < 4.78 is 19.2. The highest BCUT2D eigenvalue weighted by Gasteiger charge is 2.21. The molecule has 1 unspecified atom stereocenters. The van der Waals surface area contributed by atoms with Gasteiger partial charge in [-0.25, -0.2) is 4.39 Å². The molecular formula is C18H24FNO. The molecule has 1 aliphatic rings. The first-order valence-corrected chi connectivity index (χ1v) is 8.12. The van der Waals surface area contributed by atoms with Crippen molar-refractivity contribution in [3.63, 3.8) is 0 Å². The zero-order valence-corrected chi connectivity index (χ0v) is 12.7. The molecule has 1 fully saturated rings. The number of fused-ring (bicyclic) bond motifs is 1. The highest BCUT2D eigenvalue weighted by molar-refractivity contribution is 5.78. The standard InChI is InChI=1S/C18H24FNO/c1-20-16(10-13-6-4-2-3-5-7-13)18-12-14-11-15(19)8-9-17(14)21-18/h8-9,11-13,16,20H,2-7,10H2,1H3. The Kier molecular flexibility index (Phi) is 4.59. The largest absolute Gasteiger partial charge is 0.459 e. The highest BCUT2D eigenvalue weighted by atomic mass is 19.1. The average Bonchev–Trinajstić information content (AvgIpc) is 2.72. The van der Waals surface area contributed by atoms with Gasteiger partial charge in [0.25, 0.3) is 0 Å². The molecular weight excluding hydrogens is 265 g/mol. The third kappa shape index (κ3) is 3.46. The van der Waals surface area contributed by atoms with E-state index < -0.39 is 0 Å². The quantitative estimate of drug-likeness (QED) is 0.783. The van der Waals surface area contributed by atoms with E-state index in [9.17, 15) is 4.39 Å². The fourth-order valence-electron chi connectivity index (χ4n) is 3.52. The summed E-state index contributed by atoms with van der Waals surface area (Å²) >= 11 is 0. The van der Waals surface area contributed by atoms with Crippen LogP contribution in [-0.4, -0.2) is 7.05 Å². The molecule has 1 heterocycles. The molecule has 0 aliphatic heterocycles.